The van der Waals surface area contributed by atoms with Gasteiger partial charge in [0.2, 0.25) is 0 Å². The van der Waals surface area contributed by atoms with E-state index in [0.29, 0.717) is 17.6 Å². The van der Waals surface area contributed by atoms with E-state index < -0.39 is 10.2 Å². The van der Waals surface area contributed by atoms with Crippen LogP contribution in [0.15, 0.2) is 5.38 Å². The Balaban J connectivity index is 1.79. The summed E-state index contributed by atoms with van der Waals surface area (Å²) in [7, 11) is -1.90. The summed E-state index contributed by atoms with van der Waals surface area (Å²) < 4.78 is 28.3. The van der Waals surface area contributed by atoms with Gasteiger partial charge in [0.1, 0.15) is 0 Å². The molecule has 0 amide bonds. The van der Waals surface area contributed by atoms with Gasteiger partial charge in [0.05, 0.1) is 5.69 Å². The van der Waals surface area contributed by atoms with Crippen molar-refractivity contribution in [1.82, 2.24) is 14.6 Å². The fraction of sp³-hybridized carbons (Fsp3) is 0.769. The number of nitrogens with one attached hydrogen (secondary N) is 2. The molecule has 1 fully saturated rings. The number of aromatic nitrogens is 1. The van der Waals surface area contributed by atoms with E-state index in [1.165, 1.54) is 28.5 Å². The fourth-order valence-corrected chi connectivity index (χ4v) is 3.87. The highest BCUT2D eigenvalue weighted by Crippen LogP contribution is 2.40. The van der Waals surface area contributed by atoms with Gasteiger partial charge >= 0.3 is 10.2 Å². The molecule has 8 heteroatoms. The minimum atomic E-state index is -3.49. The van der Waals surface area contributed by atoms with Crippen LogP contribution in [-0.4, -0.2) is 44.4 Å². The second-order valence-electron chi connectivity index (χ2n) is 5.38. The third-order valence-corrected chi connectivity index (χ3v) is 5.76. The predicted octanol–water partition coefficient (Wildman–Crippen LogP) is 2.00. The number of thiazole rings is 1. The molecule has 6 nitrogen and oxygen atoms in total. The Hall–Kier alpha value is -0.700. The predicted molar refractivity (Wildman–Crippen MR) is 87.0 cm³/mol. The van der Waals surface area contributed by atoms with E-state index in [-0.39, 0.29) is 0 Å². The number of rotatable bonds is 10. The van der Waals surface area contributed by atoms with Gasteiger partial charge in [-0.2, -0.15) is 12.7 Å². The third-order valence-electron chi connectivity index (χ3n) is 3.40. The summed E-state index contributed by atoms with van der Waals surface area (Å²) in [5.41, 5.74) is 1.02. The maximum absolute atomic E-state index is 12.2. The number of hydrogen-bond acceptors (Lipinski definition) is 5. The lowest BCUT2D eigenvalue weighted by Gasteiger charge is -2.17. The lowest BCUT2D eigenvalue weighted by Crippen LogP contribution is -2.34. The first-order chi connectivity index (χ1) is 10.0. The SMILES string of the molecule is CCCNCCCN(C)S(=O)(=O)Nc1nc(C2CC2)cs1. The highest BCUT2D eigenvalue weighted by Gasteiger charge is 2.27. The van der Waals surface area contributed by atoms with E-state index in [1.54, 1.807) is 7.05 Å². The van der Waals surface area contributed by atoms with Crippen LogP contribution in [0.2, 0.25) is 0 Å². The van der Waals surface area contributed by atoms with Crippen LogP contribution in [0.1, 0.15) is 44.2 Å². The molecule has 21 heavy (non-hydrogen) atoms. The molecule has 120 valence electrons. The van der Waals surface area contributed by atoms with Crippen molar-refractivity contribution in [3.05, 3.63) is 11.1 Å². The van der Waals surface area contributed by atoms with Crippen molar-refractivity contribution in [2.75, 3.05) is 31.4 Å². The standard InChI is InChI=1S/C13H24N4O2S2/c1-3-7-14-8-4-9-17(2)21(18,19)16-13-15-12(10-20-13)11-5-6-11/h10-11,14H,3-9H2,1-2H3,(H,15,16). The van der Waals surface area contributed by atoms with Crippen LogP contribution in [0, 0.1) is 0 Å². The maximum Gasteiger partial charge on any atom is 0.303 e. The average molecular weight is 332 g/mol. The van der Waals surface area contributed by atoms with E-state index in [9.17, 15) is 8.42 Å². The summed E-state index contributed by atoms with van der Waals surface area (Å²) in [5, 5.41) is 5.68. The molecule has 0 aliphatic heterocycles. The topological polar surface area (TPSA) is 74.3 Å². The second kappa shape index (κ2) is 7.53. The largest absolute Gasteiger partial charge is 0.317 e. The molecule has 1 aliphatic carbocycles. The van der Waals surface area contributed by atoms with Crippen molar-refractivity contribution in [1.29, 1.82) is 0 Å². The second-order valence-corrected chi connectivity index (χ2v) is 8.02. The van der Waals surface area contributed by atoms with Crippen molar-refractivity contribution in [3.63, 3.8) is 0 Å². The molecular formula is C13H24N4O2S2. The van der Waals surface area contributed by atoms with Crippen LogP contribution in [0.5, 0.6) is 0 Å². The van der Waals surface area contributed by atoms with Gasteiger partial charge in [-0.3, -0.25) is 0 Å². The minimum absolute atomic E-state index is 0.466. The van der Waals surface area contributed by atoms with E-state index in [1.807, 2.05) is 5.38 Å². The summed E-state index contributed by atoms with van der Waals surface area (Å²) in [6.07, 6.45) is 4.22. The molecule has 1 saturated carbocycles. The van der Waals surface area contributed by atoms with Crippen molar-refractivity contribution in [2.45, 2.75) is 38.5 Å². The van der Waals surface area contributed by atoms with E-state index in [2.05, 4.69) is 21.9 Å². The van der Waals surface area contributed by atoms with Gasteiger partial charge in [0.15, 0.2) is 5.13 Å². The zero-order valence-electron chi connectivity index (χ0n) is 12.6. The van der Waals surface area contributed by atoms with Crippen LogP contribution in [0.25, 0.3) is 0 Å². The third kappa shape index (κ3) is 5.21. The van der Waals surface area contributed by atoms with Gasteiger partial charge in [-0.15, -0.1) is 11.3 Å². The molecule has 1 aromatic rings. The van der Waals surface area contributed by atoms with Crippen molar-refractivity contribution in [3.8, 4) is 0 Å². The molecule has 2 rings (SSSR count). The van der Waals surface area contributed by atoms with E-state index in [0.717, 1.165) is 31.6 Å². The number of nitrogens with zero attached hydrogens (tertiary/aromatic N) is 2. The van der Waals surface area contributed by atoms with Gasteiger partial charge in [-0.25, -0.2) is 9.71 Å². The molecule has 0 saturated heterocycles. The molecule has 0 unspecified atom stereocenters. The van der Waals surface area contributed by atoms with Gasteiger partial charge in [-0.05, 0) is 38.8 Å². The molecule has 1 aromatic heterocycles. The Labute approximate surface area is 131 Å². The van der Waals surface area contributed by atoms with Gasteiger partial charge in [0.25, 0.3) is 0 Å². The van der Waals surface area contributed by atoms with Crippen molar-refractivity contribution in [2.24, 2.45) is 0 Å². The first-order valence-electron chi connectivity index (χ1n) is 7.43. The summed E-state index contributed by atoms with van der Waals surface area (Å²) in [4.78, 5) is 4.35. The summed E-state index contributed by atoms with van der Waals surface area (Å²) in [6, 6.07) is 0. The van der Waals surface area contributed by atoms with Gasteiger partial charge in [0, 0.05) is 24.9 Å². The van der Waals surface area contributed by atoms with Crippen LogP contribution in [0.4, 0.5) is 5.13 Å². The molecule has 0 atom stereocenters. The summed E-state index contributed by atoms with van der Waals surface area (Å²) >= 11 is 1.36. The van der Waals surface area contributed by atoms with Crippen molar-refractivity contribution < 1.29 is 8.42 Å². The Morgan fingerprint density at radius 1 is 1.43 bits per heavy atom. The molecule has 2 N–H and O–H groups in total. The minimum Gasteiger partial charge on any atom is -0.317 e. The smallest absolute Gasteiger partial charge is 0.303 e. The van der Waals surface area contributed by atoms with Crippen LogP contribution >= 0.6 is 11.3 Å². The van der Waals surface area contributed by atoms with Crippen LogP contribution < -0.4 is 10.0 Å². The van der Waals surface area contributed by atoms with E-state index in [4.69, 9.17) is 0 Å². The van der Waals surface area contributed by atoms with E-state index >= 15 is 0 Å². The Morgan fingerprint density at radius 2 is 2.19 bits per heavy atom. The monoisotopic (exact) mass is 332 g/mol. The van der Waals surface area contributed by atoms with Gasteiger partial charge < -0.3 is 5.32 Å². The molecule has 1 aliphatic rings. The van der Waals surface area contributed by atoms with Gasteiger partial charge in [-0.1, -0.05) is 6.92 Å². The molecule has 0 bridgehead atoms. The molecular weight excluding hydrogens is 308 g/mol. The zero-order chi connectivity index (χ0) is 15.3. The van der Waals surface area contributed by atoms with Crippen molar-refractivity contribution >= 4 is 26.7 Å². The first-order valence-corrected chi connectivity index (χ1v) is 9.75. The zero-order valence-corrected chi connectivity index (χ0v) is 14.3. The average Bonchev–Trinajstić information content (AvgIpc) is 3.19. The quantitative estimate of drug-likeness (QED) is 0.643. The summed E-state index contributed by atoms with van der Waals surface area (Å²) in [6.45, 7) is 4.40. The normalized spacial score (nSPS) is 15.6. The lowest BCUT2D eigenvalue weighted by atomic mass is 10.3. The molecule has 0 radical (unpaired) electrons. The molecule has 0 aromatic carbocycles. The fourth-order valence-electron chi connectivity index (χ4n) is 1.94. The Kier molecular flexibility index (Phi) is 5.98. The van der Waals surface area contributed by atoms with Crippen LogP contribution in [-0.2, 0) is 10.2 Å². The molecule has 0 spiro atoms. The highest BCUT2D eigenvalue weighted by molar-refractivity contribution is 7.90. The maximum atomic E-state index is 12.2. The Bertz CT molecular complexity index is 540. The Morgan fingerprint density at radius 3 is 2.86 bits per heavy atom. The summed E-state index contributed by atoms with van der Waals surface area (Å²) in [5.74, 6) is 0.543. The first kappa shape index (κ1) is 16.7. The number of anilines is 1. The highest BCUT2D eigenvalue weighted by atomic mass is 32.2. The lowest BCUT2D eigenvalue weighted by molar-refractivity contribution is 0.458. The number of hydrogen-bond donors (Lipinski definition) is 2. The van der Waals surface area contributed by atoms with Crippen LogP contribution in [0.3, 0.4) is 0 Å². The molecule has 1 heterocycles.